The maximum Gasteiger partial charge on any atom is 0.228 e. The molecule has 1 amide bonds. The maximum atomic E-state index is 12.3. The van der Waals surface area contributed by atoms with Crippen LogP contribution in [-0.2, 0) is 9.53 Å². The van der Waals surface area contributed by atoms with Crippen molar-refractivity contribution < 1.29 is 9.53 Å². The van der Waals surface area contributed by atoms with Crippen molar-refractivity contribution in [3.8, 4) is 11.1 Å². The smallest absolute Gasteiger partial charge is 0.228 e. The number of aromatic amines is 1. The first-order chi connectivity index (χ1) is 11.8. The van der Waals surface area contributed by atoms with Gasteiger partial charge >= 0.3 is 0 Å². The van der Waals surface area contributed by atoms with Crippen LogP contribution < -0.4 is 5.32 Å². The molecule has 1 aliphatic rings. The van der Waals surface area contributed by atoms with Crippen molar-refractivity contribution in [2.75, 3.05) is 18.5 Å². The van der Waals surface area contributed by atoms with E-state index in [4.69, 9.17) is 4.74 Å². The average molecular weight is 322 g/mol. The zero-order valence-electron chi connectivity index (χ0n) is 13.2. The van der Waals surface area contributed by atoms with Crippen molar-refractivity contribution in [3.05, 3.63) is 42.9 Å². The molecule has 3 heterocycles. The summed E-state index contributed by atoms with van der Waals surface area (Å²) in [6.45, 7) is 1.30. The number of hydrogen-bond acceptors (Lipinski definition) is 4. The molecule has 6 heteroatoms. The Bertz CT molecular complexity index is 855. The van der Waals surface area contributed by atoms with E-state index in [1.165, 1.54) is 0 Å². The Labute approximate surface area is 139 Å². The molecule has 1 saturated heterocycles. The highest BCUT2D eigenvalue weighted by Crippen LogP contribution is 2.25. The number of fused-ring (bicyclic) bond motifs is 1. The number of pyridine rings is 1. The second kappa shape index (κ2) is 6.41. The fourth-order valence-corrected chi connectivity index (χ4v) is 2.99. The molecule has 3 aromatic rings. The second-order valence-electron chi connectivity index (χ2n) is 5.99. The molecule has 122 valence electrons. The van der Waals surface area contributed by atoms with Gasteiger partial charge in [-0.3, -0.25) is 9.89 Å². The van der Waals surface area contributed by atoms with Crippen LogP contribution in [0.15, 0.2) is 42.9 Å². The average Bonchev–Trinajstić information content (AvgIpc) is 3.16. The van der Waals surface area contributed by atoms with Gasteiger partial charge in [-0.2, -0.15) is 5.10 Å². The van der Waals surface area contributed by atoms with Crippen LogP contribution in [0.4, 0.5) is 5.82 Å². The summed E-state index contributed by atoms with van der Waals surface area (Å²) in [4.78, 5) is 16.7. The van der Waals surface area contributed by atoms with Gasteiger partial charge in [0.2, 0.25) is 5.91 Å². The van der Waals surface area contributed by atoms with Crippen molar-refractivity contribution in [3.63, 3.8) is 0 Å². The maximum absolute atomic E-state index is 12.3. The zero-order valence-corrected chi connectivity index (χ0v) is 13.2. The first-order valence-corrected chi connectivity index (χ1v) is 8.07. The number of aromatic nitrogens is 3. The largest absolute Gasteiger partial charge is 0.381 e. The second-order valence-corrected chi connectivity index (χ2v) is 5.99. The van der Waals surface area contributed by atoms with Gasteiger partial charge in [-0.25, -0.2) is 4.98 Å². The van der Waals surface area contributed by atoms with Crippen LogP contribution in [0.2, 0.25) is 0 Å². The quantitative estimate of drug-likeness (QED) is 0.777. The summed E-state index contributed by atoms with van der Waals surface area (Å²) >= 11 is 0. The molecule has 0 unspecified atom stereocenters. The van der Waals surface area contributed by atoms with Crippen molar-refractivity contribution in [1.82, 2.24) is 15.2 Å². The fourth-order valence-electron chi connectivity index (χ4n) is 2.99. The molecule has 0 spiro atoms. The summed E-state index contributed by atoms with van der Waals surface area (Å²) in [5.41, 5.74) is 2.10. The number of carbonyl (C=O) groups is 1. The van der Waals surface area contributed by atoms with E-state index < -0.39 is 0 Å². The number of hydrogen-bond donors (Lipinski definition) is 2. The molecular formula is C18H18N4O2. The Balaban J connectivity index is 1.58. The Morgan fingerprint density at radius 1 is 1.12 bits per heavy atom. The van der Waals surface area contributed by atoms with Crippen LogP contribution in [-0.4, -0.2) is 34.3 Å². The van der Waals surface area contributed by atoms with Gasteiger partial charge in [-0.15, -0.1) is 0 Å². The molecule has 1 fully saturated rings. The first kappa shape index (κ1) is 14.8. The van der Waals surface area contributed by atoms with Gasteiger partial charge < -0.3 is 10.1 Å². The fraction of sp³-hybridized carbons (Fsp3) is 0.278. The Morgan fingerprint density at radius 2 is 2.00 bits per heavy atom. The molecule has 6 nitrogen and oxygen atoms in total. The molecule has 0 aliphatic carbocycles. The van der Waals surface area contributed by atoms with E-state index in [2.05, 4.69) is 26.6 Å². The van der Waals surface area contributed by atoms with Crippen LogP contribution >= 0.6 is 0 Å². The third-order valence-electron chi connectivity index (χ3n) is 4.40. The summed E-state index contributed by atoms with van der Waals surface area (Å²) in [7, 11) is 0. The van der Waals surface area contributed by atoms with Gasteiger partial charge in [0.15, 0.2) is 0 Å². The highest BCUT2D eigenvalue weighted by atomic mass is 16.5. The minimum Gasteiger partial charge on any atom is -0.381 e. The Hall–Kier alpha value is -2.73. The standard InChI is InChI=1S/C18H18N4O2/c23-18(12-3-5-24-6-4-12)22-17-8-15-7-13(16-10-20-21-11-16)1-2-14(15)9-19-17/h1-2,7-12H,3-6H2,(H,20,21)(H,19,22,23). The van der Waals surface area contributed by atoms with E-state index in [9.17, 15) is 4.79 Å². The number of H-pyrrole nitrogens is 1. The van der Waals surface area contributed by atoms with Crippen LogP contribution in [0.1, 0.15) is 12.8 Å². The molecule has 0 atom stereocenters. The van der Waals surface area contributed by atoms with Gasteiger partial charge in [0.1, 0.15) is 5.82 Å². The van der Waals surface area contributed by atoms with Crippen molar-refractivity contribution >= 4 is 22.5 Å². The predicted octanol–water partition coefficient (Wildman–Crippen LogP) is 2.99. The summed E-state index contributed by atoms with van der Waals surface area (Å²) in [6, 6.07) is 8.05. The molecule has 4 rings (SSSR count). The number of benzene rings is 1. The number of rotatable bonds is 3. The lowest BCUT2D eigenvalue weighted by Crippen LogP contribution is -2.28. The number of nitrogens with one attached hydrogen (secondary N) is 2. The first-order valence-electron chi connectivity index (χ1n) is 8.07. The summed E-state index contributed by atoms with van der Waals surface area (Å²) < 4.78 is 5.30. The van der Waals surface area contributed by atoms with E-state index in [0.29, 0.717) is 19.0 Å². The molecule has 2 aromatic heterocycles. The van der Waals surface area contributed by atoms with E-state index in [-0.39, 0.29) is 11.8 Å². The van der Waals surface area contributed by atoms with Crippen molar-refractivity contribution in [2.45, 2.75) is 12.8 Å². The molecule has 0 radical (unpaired) electrons. The third kappa shape index (κ3) is 3.00. The van der Waals surface area contributed by atoms with Gasteiger partial charge in [-0.1, -0.05) is 12.1 Å². The van der Waals surface area contributed by atoms with Gasteiger partial charge in [-0.05, 0) is 35.9 Å². The normalized spacial score (nSPS) is 15.5. The molecule has 2 N–H and O–H groups in total. The lowest BCUT2D eigenvalue weighted by molar-refractivity contribution is -0.122. The van der Waals surface area contributed by atoms with Gasteiger partial charge in [0.25, 0.3) is 0 Å². The summed E-state index contributed by atoms with van der Waals surface area (Å²) in [6.07, 6.45) is 6.97. The number of amides is 1. The number of ether oxygens (including phenoxy) is 1. The Morgan fingerprint density at radius 3 is 2.79 bits per heavy atom. The Kier molecular flexibility index (Phi) is 3.96. The SMILES string of the molecule is O=C(Nc1cc2cc(-c3cn[nH]c3)ccc2cn1)C1CCOCC1. The van der Waals surface area contributed by atoms with E-state index >= 15 is 0 Å². The minimum atomic E-state index is 0.00788. The van der Waals surface area contributed by atoms with E-state index in [0.717, 1.165) is 34.7 Å². The molecule has 0 saturated carbocycles. The predicted molar refractivity (Wildman–Crippen MR) is 91.5 cm³/mol. The van der Waals surface area contributed by atoms with E-state index in [1.807, 2.05) is 24.4 Å². The molecule has 1 aromatic carbocycles. The zero-order chi connectivity index (χ0) is 16.4. The van der Waals surface area contributed by atoms with Gasteiger partial charge in [0, 0.05) is 42.5 Å². The lowest BCUT2D eigenvalue weighted by Gasteiger charge is -2.21. The topological polar surface area (TPSA) is 79.9 Å². The molecule has 0 bridgehead atoms. The summed E-state index contributed by atoms with van der Waals surface area (Å²) in [5, 5.41) is 11.8. The molecular weight excluding hydrogens is 304 g/mol. The number of anilines is 1. The van der Waals surface area contributed by atoms with Crippen LogP contribution in [0, 0.1) is 5.92 Å². The molecule has 1 aliphatic heterocycles. The van der Waals surface area contributed by atoms with Crippen LogP contribution in [0.3, 0.4) is 0 Å². The summed E-state index contributed by atoms with van der Waals surface area (Å²) in [5.74, 6) is 0.619. The van der Waals surface area contributed by atoms with Crippen molar-refractivity contribution in [1.29, 1.82) is 0 Å². The van der Waals surface area contributed by atoms with Crippen LogP contribution in [0.25, 0.3) is 21.9 Å². The molecule has 24 heavy (non-hydrogen) atoms. The van der Waals surface area contributed by atoms with Crippen LogP contribution in [0.5, 0.6) is 0 Å². The van der Waals surface area contributed by atoms with Crippen molar-refractivity contribution in [2.24, 2.45) is 5.92 Å². The number of carbonyl (C=O) groups excluding carboxylic acids is 1. The highest BCUT2D eigenvalue weighted by molar-refractivity contribution is 5.95. The monoisotopic (exact) mass is 322 g/mol. The third-order valence-corrected chi connectivity index (χ3v) is 4.40. The number of nitrogens with zero attached hydrogens (tertiary/aromatic N) is 2. The lowest BCUT2D eigenvalue weighted by atomic mass is 9.99. The minimum absolute atomic E-state index is 0.00788. The van der Waals surface area contributed by atoms with Gasteiger partial charge in [0.05, 0.1) is 6.20 Å². The van der Waals surface area contributed by atoms with E-state index in [1.54, 1.807) is 12.4 Å². The highest BCUT2D eigenvalue weighted by Gasteiger charge is 2.21.